The Morgan fingerprint density at radius 3 is 2.21 bits per heavy atom. The van der Waals surface area contributed by atoms with Crippen LogP contribution in [0.4, 0.5) is 0 Å². The first-order valence-corrected chi connectivity index (χ1v) is 10.6. The zero-order valence-corrected chi connectivity index (χ0v) is 17.6. The lowest BCUT2D eigenvalue weighted by Gasteiger charge is -2.35. The van der Waals surface area contributed by atoms with Gasteiger partial charge in [-0.3, -0.25) is 4.79 Å². The van der Waals surface area contributed by atoms with Crippen LogP contribution in [-0.4, -0.2) is 17.0 Å². The van der Waals surface area contributed by atoms with Gasteiger partial charge in [0.05, 0.1) is 12.0 Å². The second kappa shape index (κ2) is 6.25. The van der Waals surface area contributed by atoms with Gasteiger partial charge in [0.25, 0.3) is 0 Å². The van der Waals surface area contributed by atoms with Gasteiger partial charge in [-0.2, -0.15) is 0 Å². The van der Waals surface area contributed by atoms with Crippen molar-refractivity contribution in [1.82, 2.24) is 0 Å². The van der Waals surface area contributed by atoms with Crippen LogP contribution in [0.1, 0.15) is 80.1 Å². The Balaban J connectivity index is 1.45. The van der Waals surface area contributed by atoms with Crippen LogP contribution in [0.3, 0.4) is 0 Å². The Hall–Kier alpha value is -2.49. The molecule has 0 N–H and O–H groups in total. The summed E-state index contributed by atoms with van der Waals surface area (Å²) in [5.74, 6) is 2.56. The van der Waals surface area contributed by atoms with E-state index in [2.05, 4.69) is 33.8 Å². The summed E-state index contributed by atoms with van der Waals surface area (Å²) in [4.78, 5) is 12.9. The molecular formula is C25H28O4. The van der Waals surface area contributed by atoms with Gasteiger partial charge in [-0.1, -0.05) is 6.07 Å². The molecule has 0 bridgehead atoms. The molecule has 152 valence electrons. The number of carbonyl (C=O) groups excluding carboxylic acids is 1. The second-order valence-corrected chi connectivity index (χ2v) is 9.78. The number of benzene rings is 2. The van der Waals surface area contributed by atoms with Crippen LogP contribution in [0.25, 0.3) is 0 Å². The molecule has 1 atom stereocenters. The fraction of sp³-hybridized carbons (Fsp3) is 0.480. The molecule has 0 spiro atoms. The van der Waals surface area contributed by atoms with Gasteiger partial charge >= 0.3 is 0 Å². The minimum atomic E-state index is -0.273. The van der Waals surface area contributed by atoms with Gasteiger partial charge in [0.2, 0.25) is 0 Å². The first-order chi connectivity index (χ1) is 13.7. The molecular weight excluding hydrogens is 364 g/mol. The fourth-order valence-corrected chi connectivity index (χ4v) is 4.53. The summed E-state index contributed by atoms with van der Waals surface area (Å²) in [5.41, 5.74) is 3.70. The van der Waals surface area contributed by atoms with Crippen molar-refractivity contribution in [3.63, 3.8) is 0 Å². The standard InChI is InChI=1S/C25H28O4/c1-24(2)9-7-16-11-15(5-6-20(16)28-24)21-13-19(26)18-12-17-8-10-25(3,4)29-22(17)14-23(18)27-21/h5-6,11-12,14,21H,7-10,13H2,1-4H3. The van der Waals surface area contributed by atoms with E-state index < -0.39 is 0 Å². The van der Waals surface area contributed by atoms with E-state index in [0.29, 0.717) is 17.7 Å². The second-order valence-electron chi connectivity index (χ2n) is 9.78. The molecule has 3 aliphatic rings. The van der Waals surface area contributed by atoms with Crippen molar-refractivity contribution >= 4 is 5.78 Å². The Labute approximate surface area is 172 Å². The number of carbonyl (C=O) groups is 1. The first-order valence-electron chi connectivity index (χ1n) is 10.6. The lowest BCUT2D eigenvalue weighted by molar-refractivity contribution is 0.0796. The highest BCUT2D eigenvalue weighted by atomic mass is 16.5. The van der Waals surface area contributed by atoms with Gasteiger partial charge in [-0.25, -0.2) is 0 Å². The molecule has 3 aliphatic heterocycles. The summed E-state index contributed by atoms with van der Waals surface area (Å²) in [6.45, 7) is 8.43. The zero-order valence-electron chi connectivity index (χ0n) is 17.6. The molecule has 0 aromatic heterocycles. The number of rotatable bonds is 1. The average molecular weight is 392 g/mol. The minimum absolute atomic E-state index is 0.127. The van der Waals surface area contributed by atoms with Crippen molar-refractivity contribution in [2.45, 2.75) is 77.1 Å². The number of Topliss-reactive ketones (excluding diaryl/α,β-unsaturated/α-hetero) is 1. The molecule has 4 heteroatoms. The third-order valence-corrected chi connectivity index (χ3v) is 6.32. The predicted molar refractivity (Wildman–Crippen MR) is 111 cm³/mol. The van der Waals surface area contributed by atoms with Crippen LogP contribution >= 0.6 is 0 Å². The highest BCUT2D eigenvalue weighted by Gasteiger charge is 2.34. The highest BCUT2D eigenvalue weighted by Crippen LogP contribution is 2.43. The molecule has 0 saturated heterocycles. The van der Waals surface area contributed by atoms with Crippen molar-refractivity contribution in [3.05, 3.63) is 52.6 Å². The van der Waals surface area contributed by atoms with Gasteiger partial charge in [0, 0.05) is 6.07 Å². The number of fused-ring (bicyclic) bond motifs is 3. The molecule has 29 heavy (non-hydrogen) atoms. The summed E-state index contributed by atoms with van der Waals surface area (Å²) < 4.78 is 18.6. The van der Waals surface area contributed by atoms with Gasteiger partial charge in [-0.05, 0) is 88.3 Å². The number of aryl methyl sites for hydroxylation is 2. The van der Waals surface area contributed by atoms with E-state index in [0.717, 1.165) is 48.3 Å². The van der Waals surface area contributed by atoms with Crippen LogP contribution in [0.15, 0.2) is 30.3 Å². The smallest absolute Gasteiger partial charge is 0.170 e. The molecule has 3 heterocycles. The number of ketones is 1. The van der Waals surface area contributed by atoms with Crippen molar-refractivity contribution in [2.24, 2.45) is 0 Å². The van der Waals surface area contributed by atoms with Crippen molar-refractivity contribution in [2.75, 3.05) is 0 Å². The molecule has 0 saturated carbocycles. The maximum atomic E-state index is 12.9. The Kier molecular flexibility index (Phi) is 4.00. The quantitative estimate of drug-likeness (QED) is 0.634. The number of ether oxygens (including phenoxy) is 3. The van der Waals surface area contributed by atoms with Crippen LogP contribution in [-0.2, 0) is 12.8 Å². The van der Waals surface area contributed by atoms with Gasteiger partial charge < -0.3 is 14.2 Å². The largest absolute Gasteiger partial charge is 0.488 e. The van der Waals surface area contributed by atoms with Crippen LogP contribution < -0.4 is 14.2 Å². The third-order valence-electron chi connectivity index (χ3n) is 6.32. The molecule has 1 unspecified atom stereocenters. The Morgan fingerprint density at radius 2 is 1.48 bits per heavy atom. The van der Waals surface area contributed by atoms with E-state index in [4.69, 9.17) is 14.2 Å². The molecule has 0 radical (unpaired) electrons. The predicted octanol–water partition coefficient (Wildman–Crippen LogP) is 5.60. The summed E-state index contributed by atoms with van der Waals surface area (Å²) in [5, 5.41) is 0. The maximum Gasteiger partial charge on any atom is 0.170 e. The Morgan fingerprint density at radius 1 is 0.828 bits per heavy atom. The lowest BCUT2D eigenvalue weighted by Crippen LogP contribution is -2.33. The topological polar surface area (TPSA) is 44.8 Å². The normalized spacial score (nSPS) is 23.6. The maximum absolute atomic E-state index is 12.9. The third kappa shape index (κ3) is 3.39. The van der Waals surface area contributed by atoms with Crippen molar-refractivity contribution in [3.8, 4) is 17.2 Å². The minimum Gasteiger partial charge on any atom is -0.488 e. The van der Waals surface area contributed by atoms with E-state index in [9.17, 15) is 4.79 Å². The average Bonchev–Trinajstić information content (AvgIpc) is 2.65. The van der Waals surface area contributed by atoms with Crippen LogP contribution in [0.5, 0.6) is 17.2 Å². The lowest BCUT2D eigenvalue weighted by atomic mass is 9.89. The summed E-state index contributed by atoms with van der Waals surface area (Å²) in [6.07, 6.45) is 3.92. The first kappa shape index (κ1) is 18.5. The van der Waals surface area contributed by atoms with Crippen molar-refractivity contribution < 1.29 is 19.0 Å². The molecule has 0 amide bonds. The van der Waals surface area contributed by atoms with E-state index in [-0.39, 0.29) is 23.1 Å². The van der Waals surface area contributed by atoms with Crippen LogP contribution in [0.2, 0.25) is 0 Å². The van der Waals surface area contributed by atoms with E-state index in [1.54, 1.807) is 0 Å². The molecule has 0 aliphatic carbocycles. The van der Waals surface area contributed by atoms with Gasteiger partial charge in [0.1, 0.15) is 34.6 Å². The molecule has 0 fully saturated rings. The number of hydrogen-bond acceptors (Lipinski definition) is 4. The molecule has 2 aromatic carbocycles. The van der Waals surface area contributed by atoms with Crippen LogP contribution in [0, 0.1) is 0 Å². The molecule has 4 nitrogen and oxygen atoms in total. The van der Waals surface area contributed by atoms with Gasteiger partial charge in [0.15, 0.2) is 5.78 Å². The number of hydrogen-bond donors (Lipinski definition) is 0. The van der Waals surface area contributed by atoms with E-state index >= 15 is 0 Å². The SMILES string of the molecule is CC1(C)CCc2cc(C3CC(=O)c4cc5c(cc4O3)OC(C)(C)CC5)ccc2O1. The highest BCUT2D eigenvalue weighted by molar-refractivity contribution is 6.00. The van der Waals surface area contributed by atoms with Gasteiger partial charge in [-0.15, -0.1) is 0 Å². The monoisotopic (exact) mass is 392 g/mol. The zero-order chi connectivity index (χ0) is 20.4. The van der Waals surface area contributed by atoms with E-state index in [1.165, 1.54) is 5.56 Å². The Bertz CT molecular complexity index is 1000. The summed E-state index contributed by atoms with van der Waals surface area (Å²) in [6, 6.07) is 10.1. The summed E-state index contributed by atoms with van der Waals surface area (Å²) >= 11 is 0. The fourth-order valence-electron chi connectivity index (χ4n) is 4.53. The molecule has 2 aromatic rings. The summed E-state index contributed by atoms with van der Waals surface area (Å²) in [7, 11) is 0. The molecule has 5 rings (SSSR count). The van der Waals surface area contributed by atoms with Crippen molar-refractivity contribution in [1.29, 1.82) is 0 Å². The van der Waals surface area contributed by atoms with E-state index in [1.807, 2.05) is 24.3 Å².